The van der Waals surface area contributed by atoms with E-state index in [1.54, 1.807) is 0 Å². The fraction of sp³-hybridized carbons (Fsp3) is 1.00. The SMILES string of the molecule is [B]B([B])C([B])B([B])[B]. The van der Waals surface area contributed by atoms with Gasteiger partial charge in [0.05, 0.1) is 0 Å². The van der Waals surface area contributed by atoms with Crippen molar-refractivity contribution in [3.8, 4) is 0 Å². The van der Waals surface area contributed by atoms with Gasteiger partial charge in [-0.05, 0) is 0 Å². The Labute approximate surface area is 58.1 Å². The molecule has 0 rings (SSSR count). The summed E-state index contributed by atoms with van der Waals surface area (Å²) in [5.74, 6) is 0. The van der Waals surface area contributed by atoms with E-state index in [-0.39, 0.29) is 0 Å². The second-order valence-electron chi connectivity index (χ2n) is 1.73. The van der Waals surface area contributed by atoms with Crippen LogP contribution in [0.1, 0.15) is 0 Å². The van der Waals surface area contributed by atoms with Crippen molar-refractivity contribution >= 4 is 51.8 Å². The topological polar surface area (TPSA) is 0 Å². The molecule has 8 heavy (non-hydrogen) atoms. The van der Waals surface area contributed by atoms with E-state index < -0.39 is 18.6 Å². The van der Waals surface area contributed by atoms with Crippen LogP contribution in [0.25, 0.3) is 0 Å². The maximum Gasteiger partial charge on any atom is 0.0469 e. The van der Waals surface area contributed by atoms with Gasteiger partial charge in [-0.15, -0.1) is 5.62 Å². The second kappa shape index (κ2) is 3.47. The molecular weight excluding hydrogens is 87.7 g/mol. The van der Waals surface area contributed by atoms with Crippen molar-refractivity contribution in [2.24, 2.45) is 0 Å². The molecule has 0 aromatic carbocycles. The molecule has 0 saturated carbocycles. The van der Waals surface area contributed by atoms with Gasteiger partial charge in [-0.25, -0.2) is 0 Å². The minimum absolute atomic E-state index is 0.519. The van der Waals surface area contributed by atoms with Crippen molar-refractivity contribution in [2.45, 2.75) is 5.62 Å². The molecule has 0 aromatic rings. The van der Waals surface area contributed by atoms with Crippen LogP contribution in [0.2, 0.25) is 5.62 Å². The van der Waals surface area contributed by atoms with Crippen molar-refractivity contribution in [2.75, 3.05) is 0 Å². The minimum atomic E-state index is -0.630. The van der Waals surface area contributed by atoms with Gasteiger partial charge in [-0.3, -0.25) is 0 Å². The Morgan fingerprint density at radius 3 is 1.12 bits per heavy atom. The lowest BCUT2D eigenvalue weighted by atomic mass is 8.95. The lowest BCUT2D eigenvalue weighted by Crippen LogP contribution is -2.36. The Balaban J connectivity index is 3.46. The molecule has 0 bridgehead atoms. The third-order valence-corrected chi connectivity index (χ3v) is 0.889. The molecule has 0 atom stereocenters. The van der Waals surface area contributed by atoms with E-state index in [1.165, 1.54) is 0 Å². The molecule has 10 radical (unpaired) electrons. The fourth-order valence-electron chi connectivity index (χ4n) is 0.257. The summed E-state index contributed by atoms with van der Waals surface area (Å²) in [7, 11) is 25.8. The maximum atomic E-state index is 5.26. The summed E-state index contributed by atoms with van der Waals surface area (Å²) in [6.45, 7) is -1.26. The van der Waals surface area contributed by atoms with Crippen LogP contribution >= 0.6 is 0 Å². The fourth-order valence-corrected chi connectivity index (χ4v) is 0.257. The van der Waals surface area contributed by atoms with Gasteiger partial charge in [0.15, 0.2) is 0 Å². The van der Waals surface area contributed by atoms with Gasteiger partial charge in [0.1, 0.15) is 0 Å². The van der Waals surface area contributed by atoms with Gasteiger partial charge in [-0.2, -0.15) is 0 Å². The minimum Gasteiger partial charge on any atom is -0.144 e. The van der Waals surface area contributed by atoms with E-state index in [9.17, 15) is 0 Å². The Morgan fingerprint density at radius 2 is 1.12 bits per heavy atom. The van der Waals surface area contributed by atoms with Crippen LogP contribution < -0.4 is 0 Å². The molecule has 0 heterocycles. The molecule has 0 fully saturated rings. The first kappa shape index (κ1) is 8.45. The molecule has 0 amide bonds. The lowest BCUT2D eigenvalue weighted by molar-refractivity contribution is 1.85. The van der Waals surface area contributed by atoms with Gasteiger partial charge in [0.2, 0.25) is 0 Å². The van der Waals surface area contributed by atoms with Crippen molar-refractivity contribution < 1.29 is 0 Å². The van der Waals surface area contributed by atoms with E-state index >= 15 is 0 Å². The molecule has 0 aliphatic heterocycles. The third-order valence-electron chi connectivity index (χ3n) is 0.889. The highest BCUT2D eigenvalue weighted by Gasteiger charge is 2.11. The summed E-state index contributed by atoms with van der Waals surface area (Å²) in [6, 6.07) is 0. The van der Waals surface area contributed by atoms with E-state index in [1.807, 2.05) is 0 Å². The molecule has 0 saturated heterocycles. The maximum absolute atomic E-state index is 5.26. The van der Waals surface area contributed by atoms with Crippen LogP contribution in [-0.2, 0) is 0 Å². The van der Waals surface area contributed by atoms with Gasteiger partial charge in [0, 0.05) is 51.8 Å². The monoisotopic (exact) mass is 90.1 g/mol. The molecular formula is CHB7. The largest absolute Gasteiger partial charge is 0.144 e. The van der Waals surface area contributed by atoms with Crippen LogP contribution in [0.4, 0.5) is 0 Å². The van der Waals surface area contributed by atoms with Gasteiger partial charge >= 0.3 is 0 Å². The predicted molar refractivity (Wildman–Crippen MR) is 44.0 cm³/mol. The van der Waals surface area contributed by atoms with Crippen LogP contribution in [0.15, 0.2) is 0 Å². The van der Waals surface area contributed by atoms with Gasteiger partial charge in [0.25, 0.3) is 0 Å². The van der Waals surface area contributed by atoms with E-state index in [4.69, 9.17) is 38.8 Å². The first-order valence-electron chi connectivity index (χ1n) is 2.33. The van der Waals surface area contributed by atoms with E-state index in [2.05, 4.69) is 0 Å². The summed E-state index contributed by atoms with van der Waals surface area (Å²) in [5, 5.41) is 0. The van der Waals surface area contributed by atoms with Crippen molar-refractivity contribution in [1.29, 1.82) is 0 Å². The highest BCUT2D eigenvalue weighted by Crippen LogP contribution is 1.97. The zero-order chi connectivity index (χ0) is 6.73. The molecule has 0 aromatic heterocycles. The summed E-state index contributed by atoms with van der Waals surface area (Å²) in [6.07, 6.45) is 0. The Bertz CT molecular complexity index is 49.4. The second-order valence-corrected chi connectivity index (χ2v) is 1.73. The average Bonchev–Trinajstić information content (AvgIpc) is 1.64. The molecule has 0 N–H and O–H groups in total. The number of rotatable bonds is 2. The molecule has 7 heteroatoms. The van der Waals surface area contributed by atoms with Crippen LogP contribution in [0.3, 0.4) is 0 Å². The first-order chi connectivity index (χ1) is 3.55. The van der Waals surface area contributed by atoms with Crippen molar-refractivity contribution in [3.05, 3.63) is 0 Å². The third kappa shape index (κ3) is 2.69. The Morgan fingerprint density at radius 1 is 0.875 bits per heavy atom. The summed E-state index contributed by atoms with van der Waals surface area (Å²) in [5.41, 5.74) is -0.519. The molecule has 0 unspecified atom stereocenters. The highest BCUT2D eigenvalue weighted by atomic mass is 13.5. The Hall–Kier alpha value is 0.455. The highest BCUT2D eigenvalue weighted by molar-refractivity contribution is 7.43. The zero-order valence-electron chi connectivity index (χ0n) is 4.62. The molecule has 0 nitrogen and oxygen atoms in total. The quantitative estimate of drug-likeness (QED) is 0.333. The Kier molecular flexibility index (Phi) is 3.67. The molecule has 0 aliphatic rings. The van der Waals surface area contributed by atoms with Gasteiger partial charge < -0.3 is 0 Å². The number of hydrogen-bond donors (Lipinski definition) is 0. The van der Waals surface area contributed by atoms with Crippen LogP contribution in [0.5, 0.6) is 0 Å². The molecule has 0 spiro atoms. The van der Waals surface area contributed by atoms with Gasteiger partial charge in [-0.1, -0.05) is 0 Å². The summed E-state index contributed by atoms with van der Waals surface area (Å²) < 4.78 is 0. The standard InChI is InChI=1S/CHB7/c2-1(7(3)4)8(5)6/h1H. The average molecular weight is 88.7 g/mol. The molecule has 0 aliphatic carbocycles. The van der Waals surface area contributed by atoms with E-state index in [0.29, 0.717) is 0 Å². The van der Waals surface area contributed by atoms with Crippen LogP contribution in [0, 0.1) is 0 Å². The van der Waals surface area contributed by atoms with Crippen LogP contribution in [-0.4, -0.2) is 51.8 Å². The van der Waals surface area contributed by atoms with Crippen molar-refractivity contribution in [3.63, 3.8) is 0 Å². The predicted octanol–water partition coefficient (Wildman–Crippen LogP) is -2.33. The molecule has 26 valence electrons. The lowest BCUT2D eigenvalue weighted by Gasteiger charge is -2.16. The number of hydrogen-bond acceptors (Lipinski definition) is 0. The first-order valence-corrected chi connectivity index (χ1v) is 2.33. The normalized spacial score (nSPS) is 9.12. The zero-order valence-corrected chi connectivity index (χ0v) is 4.62. The summed E-state index contributed by atoms with van der Waals surface area (Å²) in [4.78, 5) is 0. The van der Waals surface area contributed by atoms with E-state index in [0.717, 1.165) is 0 Å². The smallest absolute Gasteiger partial charge is 0.0469 e. The van der Waals surface area contributed by atoms with Crippen molar-refractivity contribution in [1.82, 2.24) is 0 Å². The summed E-state index contributed by atoms with van der Waals surface area (Å²) >= 11 is 0.